The van der Waals surface area contributed by atoms with E-state index >= 15 is 0 Å². The maximum Gasteiger partial charge on any atom is 0.200 e. The van der Waals surface area contributed by atoms with Crippen molar-refractivity contribution in [3.63, 3.8) is 0 Å². The van der Waals surface area contributed by atoms with Crippen molar-refractivity contribution in [3.8, 4) is 5.75 Å². The Balaban J connectivity index is 1.64. The summed E-state index contributed by atoms with van der Waals surface area (Å²) in [4.78, 5) is 15.7. The minimum atomic E-state index is -0.308. The number of nitrogens with zero attached hydrogens (tertiary/aromatic N) is 2. The highest BCUT2D eigenvalue weighted by Crippen LogP contribution is 2.27. The molecular weight excluding hydrogens is 359 g/mol. The van der Waals surface area contributed by atoms with E-state index in [0.717, 1.165) is 50.2 Å². The van der Waals surface area contributed by atoms with Gasteiger partial charge in [-0.1, -0.05) is 44.2 Å². The van der Waals surface area contributed by atoms with E-state index in [-0.39, 0.29) is 5.81 Å². The predicted octanol–water partition coefficient (Wildman–Crippen LogP) is 4.87. The SMILES string of the molecule is [B]C(=O)N1CCC(N(CCC(C)C)c2ccc(OCc3ccccc3)cc2)CC1. The third-order valence-corrected chi connectivity index (χ3v) is 5.58. The summed E-state index contributed by atoms with van der Waals surface area (Å²) in [6.07, 6.45) is 3.04. The molecule has 4 nitrogen and oxygen atoms in total. The average molecular weight is 390 g/mol. The fraction of sp³-hybridized carbons (Fsp3) is 0.458. The summed E-state index contributed by atoms with van der Waals surface area (Å²) in [5.41, 5.74) is 2.38. The van der Waals surface area contributed by atoms with Gasteiger partial charge in [-0.3, -0.25) is 4.79 Å². The van der Waals surface area contributed by atoms with Crippen LogP contribution in [0.1, 0.15) is 38.7 Å². The number of benzene rings is 2. The highest BCUT2D eigenvalue weighted by molar-refractivity contribution is 6.56. The van der Waals surface area contributed by atoms with E-state index in [0.29, 0.717) is 18.6 Å². The maximum absolute atomic E-state index is 11.4. The number of hydrogen-bond acceptors (Lipinski definition) is 3. The smallest absolute Gasteiger partial charge is 0.200 e. The van der Waals surface area contributed by atoms with Crippen molar-refractivity contribution >= 4 is 19.3 Å². The summed E-state index contributed by atoms with van der Waals surface area (Å²) in [5.74, 6) is 1.22. The largest absolute Gasteiger partial charge is 0.489 e. The summed E-state index contributed by atoms with van der Waals surface area (Å²) in [5, 5.41) is 0. The van der Waals surface area contributed by atoms with Crippen LogP contribution in [0.3, 0.4) is 0 Å². The van der Waals surface area contributed by atoms with Crippen LogP contribution in [0.4, 0.5) is 10.5 Å². The van der Waals surface area contributed by atoms with Crippen LogP contribution >= 0.6 is 0 Å². The van der Waals surface area contributed by atoms with Crippen LogP contribution in [-0.2, 0) is 6.61 Å². The molecule has 2 aromatic carbocycles. The van der Waals surface area contributed by atoms with Crippen LogP contribution in [0.15, 0.2) is 54.6 Å². The van der Waals surface area contributed by atoms with Crippen molar-refractivity contribution in [2.75, 3.05) is 24.5 Å². The van der Waals surface area contributed by atoms with Gasteiger partial charge in [-0.05, 0) is 55.0 Å². The summed E-state index contributed by atoms with van der Waals surface area (Å²) in [7, 11) is 5.44. The second kappa shape index (κ2) is 10.4. The standard InChI is InChI=1S/C24H31BN2O2/c1-19(2)12-17-27(22-13-15-26(16-14-22)24(25)28)21-8-10-23(11-9-21)29-18-20-6-4-3-5-7-20/h3-11,19,22H,12-18H2,1-2H3. The molecule has 0 aromatic heterocycles. The van der Waals surface area contributed by atoms with Crippen molar-refractivity contribution < 1.29 is 9.53 Å². The lowest BCUT2D eigenvalue weighted by atomic mass is 9.98. The highest BCUT2D eigenvalue weighted by atomic mass is 16.5. The van der Waals surface area contributed by atoms with Crippen molar-refractivity contribution in [1.82, 2.24) is 4.90 Å². The second-order valence-electron chi connectivity index (χ2n) is 8.20. The molecule has 3 rings (SSSR count). The molecule has 152 valence electrons. The molecule has 0 saturated carbocycles. The van der Waals surface area contributed by atoms with Crippen LogP contribution in [0.25, 0.3) is 0 Å². The van der Waals surface area contributed by atoms with E-state index in [1.54, 1.807) is 4.90 Å². The van der Waals surface area contributed by atoms with E-state index in [1.807, 2.05) is 18.2 Å². The number of carbonyl (C=O) groups is 1. The first kappa shape index (κ1) is 21.3. The molecule has 1 aliphatic heterocycles. The number of carbonyl (C=O) groups excluding carboxylic acids is 1. The van der Waals surface area contributed by atoms with Crippen molar-refractivity contribution in [2.45, 2.75) is 45.8 Å². The van der Waals surface area contributed by atoms with Crippen LogP contribution in [0.5, 0.6) is 5.75 Å². The molecule has 1 saturated heterocycles. The van der Waals surface area contributed by atoms with E-state index < -0.39 is 0 Å². The molecule has 1 amide bonds. The van der Waals surface area contributed by atoms with Gasteiger partial charge >= 0.3 is 0 Å². The first-order valence-electron chi connectivity index (χ1n) is 10.6. The number of piperidine rings is 1. The number of anilines is 1. The zero-order valence-corrected chi connectivity index (χ0v) is 17.6. The van der Waals surface area contributed by atoms with Crippen LogP contribution < -0.4 is 9.64 Å². The molecule has 29 heavy (non-hydrogen) atoms. The van der Waals surface area contributed by atoms with Crippen molar-refractivity contribution in [2.24, 2.45) is 5.92 Å². The number of rotatable bonds is 8. The molecule has 1 aliphatic rings. The number of likely N-dealkylation sites (tertiary alicyclic amines) is 1. The lowest BCUT2D eigenvalue weighted by Crippen LogP contribution is -2.47. The molecule has 0 spiro atoms. The fourth-order valence-corrected chi connectivity index (χ4v) is 3.79. The summed E-state index contributed by atoms with van der Waals surface area (Å²) >= 11 is 0. The van der Waals surface area contributed by atoms with Crippen LogP contribution in [-0.4, -0.2) is 44.2 Å². The number of amides is 1. The van der Waals surface area contributed by atoms with Gasteiger partial charge < -0.3 is 14.5 Å². The first-order chi connectivity index (χ1) is 14.0. The molecule has 0 N–H and O–H groups in total. The molecule has 0 unspecified atom stereocenters. The van der Waals surface area contributed by atoms with E-state index in [1.165, 1.54) is 5.69 Å². The third-order valence-electron chi connectivity index (χ3n) is 5.58. The van der Waals surface area contributed by atoms with Crippen LogP contribution in [0.2, 0.25) is 0 Å². The normalized spacial score (nSPS) is 14.8. The quantitative estimate of drug-likeness (QED) is 0.603. The monoisotopic (exact) mass is 390 g/mol. The molecule has 2 aromatic rings. The number of hydrogen-bond donors (Lipinski definition) is 0. The molecule has 2 radical (unpaired) electrons. The average Bonchev–Trinajstić information content (AvgIpc) is 2.74. The maximum atomic E-state index is 11.4. The van der Waals surface area contributed by atoms with E-state index in [2.05, 4.69) is 55.1 Å². The Bertz CT molecular complexity index is 756. The topological polar surface area (TPSA) is 32.8 Å². The zero-order chi connectivity index (χ0) is 20.6. The van der Waals surface area contributed by atoms with Crippen LogP contribution in [0, 0.1) is 5.92 Å². The van der Waals surface area contributed by atoms with Gasteiger partial charge in [-0.25, -0.2) is 0 Å². The van der Waals surface area contributed by atoms with Gasteiger partial charge in [0.2, 0.25) is 7.85 Å². The fourth-order valence-electron chi connectivity index (χ4n) is 3.79. The first-order valence-corrected chi connectivity index (χ1v) is 10.6. The molecule has 1 heterocycles. The lowest BCUT2D eigenvalue weighted by Gasteiger charge is -2.40. The van der Waals surface area contributed by atoms with Gasteiger partial charge in [0.05, 0.1) is 0 Å². The Morgan fingerprint density at radius 2 is 1.76 bits per heavy atom. The Morgan fingerprint density at radius 1 is 1.10 bits per heavy atom. The Kier molecular flexibility index (Phi) is 7.62. The van der Waals surface area contributed by atoms with Gasteiger partial charge in [0.1, 0.15) is 12.4 Å². The summed E-state index contributed by atoms with van der Waals surface area (Å²) in [6.45, 7) is 7.57. The van der Waals surface area contributed by atoms with Crippen molar-refractivity contribution in [1.29, 1.82) is 0 Å². The minimum Gasteiger partial charge on any atom is -0.489 e. The molecule has 5 heteroatoms. The zero-order valence-electron chi connectivity index (χ0n) is 17.6. The lowest BCUT2D eigenvalue weighted by molar-refractivity contribution is 0.202. The molecular formula is C24H31BN2O2. The summed E-state index contributed by atoms with van der Waals surface area (Å²) < 4.78 is 5.93. The molecule has 0 atom stereocenters. The Hall–Kier alpha value is -2.43. The summed E-state index contributed by atoms with van der Waals surface area (Å²) in [6, 6.07) is 19.1. The number of ether oxygens (including phenoxy) is 1. The van der Waals surface area contributed by atoms with E-state index in [9.17, 15) is 4.79 Å². The minimum absolute atomic E-state index is 0.308. The third kappa shape index (κ3) is 6.28. The Morgan fingerprint density at radius 3 is 2.34 bits per heavy atom. The Labute approximate surface area is 176 Å². The van der Waals surface area contributed by atoms with Gasteiger partial charge in [-0.15, -0.1) is 0 Å². The second-order valence-corrected chi connectivity index (χ2v) is 8.20. The van der Waals surface area contributed by atoms with Gasteiger partial charge in [0.25, 0.3) is 0 Å². The molecule has 0 aliphatic carbocycles. The molecule has 1 fully saturated rings. The van der Waals surface area contributed by atoms with Gasteiger partial charge in [-0.2, -0.15) is 0 Å². The van der Waals surface area contributed by atoms with Gasteiger partial charge in [0.15, 0.2) is 5.81 Å². The molecule has 0 bridgehead atoms. The van der Waals surface area contributed by atoms with E-state index in [4.69, 9.17) is 12.6 Å². The van der Waals surface area contributed by atoms with Gasteiger partial charge in [0, 0.05) is 31.4 Å². The van der Waals surface area contributed by atoms with Crippen molar-refractivity contribution in [3.05, 3.63) is 60.2 Å². The highest BCUT2D eigenvalue weighted by Gasteiger charge is 2.25. The predicted molar refractivity (Wildman–Crippen MR) is 120 cm³/mol.